The minimum Gasteiger partial charge on any atom is -0.289 e. The molecule has 0 radical (unpaired) electrons. The number of aryl methyl sites for hydroxylation is 1. The first-order chi connectivity index (χ1) is 6.50. The molecule has 0 aromatic heterocycles. The highest BCUT2D eigenvalue weighted by atomic mass is 35.5. The van der Waals surface area contributed by atoms with Gasteiger partial charge in [0.2, 0.25) is 0 Å². The van der Waals surface area contributed by atoms with Gasteiger partial charge in [0.25, 0.3) is 0 Å². The molecule has 0 unspecified atom stereocenters. The van der Waals surface area contributed by atoms with Gasteiger partial charge in [-0.2, -0.15) is 0 Å². The van der Waals surface area contributed by atoms with Crippen LogP contribution in [0.15, 0.2) is 29.8 Å². The quantitative estimate of drug-likeness (QED) is 0.534. The highest BCUT2D eigenvalue weighted by molar-refractivity contribution is 6.34. The summed E-state index contributed by atoms with van der Waals surface area (Å²) in [5.74, 6) is -0.0290. The zero-order valence-corrected chi connectivity index (χ0v) is 9.35. The van der Waals surface area contributed by atoms with Gasteiger partial charge >= 0.3 is 0 Å². The van der Waals surface area contributed by atoms with Gasteiger partial charge in [-0.25, -0.2) is 0 Å². The Labute approximate surface area is 89.4 Å². The van der Waals surface area contributed by atoms with Crippen LogP contribution in [0.1, 0.15) is 29.8 Å². The standard InChI is InChI=1S/C12H13ClO/c1-8(2)6-12(14)10-7-9(3)4-5-11(10)13/h4-7H,1-3H3. The lowest BCUT2D eigenvalue weighted by atomic mass is 10.1. The van der Waals surface area contributed by atoms with Crippen LogP contribution in [0, 0.1) is 6.92 Å². The molecule has 2 heteroatoms. The summed E-state index contributed by atoms with van der Waals surface area (Å²) in [6.45, 7) is 5.72. The minimum absolute atomic E-state index is 0.0290. The Hall–Kier alpha value is -1.08. The van der Waals surface area contributed by atoms with Crippen molar-refractivity contribution in [3.05, 3.63) is 46.0 Å². The lowest BCUT2D eigenvalue weighted by Gasteiger charge is -2.01. The van der Waals surface area contributed by atoms with Crippen LogP contribution in [-0.4, -0.2) is 5.78 Å². The van der Waals surface area contributed by atoms with Crippen molar-refractivity contribution in [1.29, 1.82) is 0 Å². The van der Waals surface area contributed by atoms with E-state index in [-0.39, 0.29) is 5.78 Å². The Morgan fingerprint density at radius 2 is 2.00 bits per heavy atom. The lowest BCUT2D eigenvalue weighted by Crippen LogP contribution is -1.96. The minimum atomic E-state index is -0.0290. The molecule has 0 aliphatic rings. The predicted molar refractivity (Wildman–Crippen MR) is 60.0 cm³/mol. The number of ketones is 1. The van der Waals surface area contributed by atoms with Gasteiger partial charge in [-0.3, -0.25) is 4.79 Å². The van der Waals surface area contributed by atoms with Crippen molar-refractivity contribution in [2.45, 2.75) is 20.8 Å². The van der Waals surface area contributed by atoms with Crippen LogP contribution in [0.5, 0.6) is 0 Å². The second-order valence-electron chi connectivity index (χ2n) is 3.57. The molecule has 1 aromatic rings. The van der Waals surface area contributed by atoms with Crippen molar-refractivity contribution in [2.24, 2.45) is 0 Å². The van der Waals surface area contributed by atoms with E-state index < -0.39 is 0 Å². The molecule has 14 heavy (non-hydrogen) atoms. The monoisotopic (exact) mass is 208 g/mol. The fraction of sp³-hybridized carbons (Fsp3) is 0.250. The maximum atomic E-state index is 11.7. The highest BCUT2D eigenvalue weighted by Crippen LogP contribution is 2.18. The Balaban J connectivity index is 3.12. The second kappa shape index (κ2) is 4.43. The van der Waals surface area contributed by atoms with Crippen molar-refractivity contribution in [3.8, 4) is 0 Å². The summed E-state index contributed by atoms with van der Waals surface area (Å²) in [5.41, 5.74) is 2.60. The number of allylic oxidation sites excluding steroid dienone is 2. The van der Waals surface area contributed by atoms with Gasteiger partial charge in [0, 0.05) is 5.56 Å². The third kappa shape index (κ3) is 2.71. The first-order valence-corrected chi connectivity index (χ1v) is 4.84. The van der Waals surface area contributed by atoms with Gasteiger partial charge in [0.05, 0.1) is 5.02 Å². The molecule has 0 saturated heterocycles. The van der Waals surface area contributed by atoms with Crippen molar-refractivity contribution in [2.75, 3.05) is 0 Å². The summed E-state index contributed by atoms with van der Waals surface area (Å²) in [6.07, 6.45) is 1.60. The molecule has 0 aliphatic heterocycles. The highest BCUT2D eigenvalue weighted by Gasteiger charge is 2.07. The van der Waals surface area contributed by atoms with E-state index in [0.717, 1.165) is 11.1 Å². The number of hydrogen-bond donors (Lipinski definition) is 0. The predicted octanol–water partition coefficient (Wildman–Crippen LogP) is 3.80. The average Bonchev–Trinajstić information content (AvgIpc) is 2.08. The molecule has 0 atom stereocenters. The van der Waals surface area contributed by atoms with Gasteiger partial charge in [-0.1, -0.05) is 28.8 Å². The smallest absolute Gasteiger partial charge is 0.187 e. The molecule has 1 rings (SSSR count). The van der Waals surface area contributed by atoms with Gasteiger partial charge in [-0.15, -0.1) is 0 Å². The van der Waals surface area contributed by atoms with E-state index in [0.29, 0.717) is 10.6 Å². The molecule has 74 valence electrons. The molecule has 1 aromatic carbocycles. The molecule has 0 spiro atoms. The molecule has 0 saturated carbocycles. The van der Waals surface area contributed by atoms with E-state index in [9.17, 15) is 4.79 Å². The van der Waals surface area contributed by atoms with Gasteiger partial charge in [0.1, 0.15) is 0 Å². The largest absolute Gasteiger partial charge is 0.289 e. The maximum absolute atomic E-state index is 11.7. The number of carbonyl (C=O) groups is 1. The van der Waals surface area contributed by atoms with E-state index in [1.807, 2.05) is 32.9 Å². The topological polar surface area (TPSA) is 17.1 Å². The van der Waals surface area contributed by atoms with E-state index in [4.69, 9.17) is 11.6 Å². The van der Waals surface area contributed by atoms with Gasteiger partial charge in [-0.05, 0) is 39.0 Å². The molecule has 0 aliphatic carbocycles. The van der Waals surface area contributed by atoms with Gasteiger partial charge in [0.15, 0.2) is 5.78 Å². The summed E-state index contributed by atoms with van der Waals surface area (Å²) in [7, 11) is 0. The Bertz CT molecular complexity index is 387. The Morgan fingerprint density at radius 3 is 2.57 bits per heavy atom. The molecular formula is C12H13ClO. The Kier molecular flexibility index (Phi) is 3.48. The van der Waals surface area contributed by atoms with Crippen molar-refractivity contribution < 1.29 is 4.79 Å². The fourth-order valence-electron chi connectivity index (χ4n) is 1.17. The summed E-state index contributed by atoms with van der Waals surface area (Å²) >= 11 is 5.92. The van der Waals surface area contributed by atoms with Crippen molar-refractivity contribution in [1.82, 2.24) is 0 Å². The van der Waals surface area contributed by atoms with Crippen LogP contribution < -0.4 is 0 Å². The number of rotatable bonds is 2. The molecule has 0 amide bonds. The number of hydrogen-bond acceptors (Lipinski definition) is 1. The molecule has 1 nitrogen and oxygen atoms in total. The first-order valence-electron chi connectivity index (χ1n) is 4.46. The molecule has 0 heterocycles. The van der Waals surface area contributed by atoms with Crippen molar-refractivity contribution in [3.63, 3.8) is 0 Å². The van der Waals surface area contributed by atoms with Crippen LogP contribution in [0.25, 0.3) is 0 Å². The lowest BCUT2D eigenvalue weighted by molar-refractivity contribution is 0.104. The zero-order valence-electron chi connectivity index (χ0n) is 8.60. The molecule has 0 fully saturated rings. The molecule has 0 N–H and O–H groups in total. The van der Waals surface area contributed by atoms with Crippen LogP contribution in [0.4, 0.5) is 0 Å². The maximum Gasteiger partial charge on any atom is 0.187 e. The summed E-state index contributed by atoms with van der Waals surface area (Å²) in [6, 6.07) is 5.45. The molecule has 0 bridgehead atoms. The van der Waals surface area contributed by atoms with E-state index in [1.165, 1.54) is 0 Å². The van der Waals surface area contributed by atoms with Crippen LogP contribution >= 0.6 is 11.6 Å². The average molecular weight is 209 g/mol. The number of benzene rings is 1. The van der Waals surface area contributed by atoms with Gasteiger partial charge < -0.3 is 0 Å². The SMILES string of the molecule is CC(C)=CC(=O)c1cc(C)ccc1Cl. The second-order valence-corrected chi connectivity index (χ2v) is 3.98. The van der Waals surface area contributed by atoms with E-state index in [2.05, 4.69) is 0 Å². The third-order valence-electron chi connectivity index (χ3n) is 1.81. The van der Waals surface area contributed by atoms with Crippen LogP contribution in [-0.2, 0) is 0 Å². The number of halogens is 1. The van der Waals surface area contributed by atoms with E-state index in [1.54, 1.807) is 12.1 Å². The Morgan fingerprint density at radius 1 is 1.36 bits per heavy atom. The normalized spacial score (nSPS) is 9.71. The van der Waals surface area contributed by atoms with Crippen molar-refractivity contribution >= 4 is 17.4 Å². The first kappa shape index (κ1) is 11.0. The fourth-order valence-corrected chi connectivity index (χ4v) is 1.38. The molecular weight excluding hydrogens is 196 g/mol. The number of carbonyl (C=O) groups excluding carboxylic acids is 1. The van der Waals surface area contributed by atoms with E-state index >= 15 is 0 Å². The summed E-state index contributed by atoms with van der Waals surface area (Å²) in [4.78, 5) is 11.7. The zero-order chi connectivity index (χ0) is 10.7. The summed E-state index contributed by atoms with van der Waals surface area (Å²) < 4.78 is 0. The van der Waals surface area contributed by atoms with Crippen LogP contribution in [0.3, 0.4) is 0 Å². The van der Waals surface area contributed by atoms with Crippen LogP contribution in [0.2, 0.25) is 5.02 Å². The summed E-state index contributed by atoms with van der Waals surface area (Å²) in [5, 5.41) is 0.512. The third-order valence-corrected chi connectivity index (χ3v) is 2.14.